The van der Waals surface area contributed by atoms with Gasteiger partial charge in [-0.2, -0.15) is 0 Å². The fourth-order valence-corrected chi connectivity index (χ4v) is 1.31. The lowest BCUT2D eigenvalue weighted by Crippen LogP contribution is -2.05. The molecule has 1 rings (SSSR count). The number of halogens is 1. The van der Waals surface area contributed by atoms with Crippen LogP contribution in [0.1, 0.15) is 25.0 Å². The summed E-state index contributed by atoms with van der Waals surface area (Å²) in [5.74, 6) is -0.752. The summed E-state index contributed by atoms with van der Waals surface area (Å²) in [6, 6.07) is 4.77. The van der Waals surface area contributed by atoms with Crippen LogP contribution in [-0.4, -0.2) is 12.6 Å². The van der Waals surface area contributed by atoms with Gasteiger partial charge < -0.3 is 4.74 Å². The summed E-state index contributed by atoms with van der Waals surface area (Å²) in [6.07, 6.45) is 1.50. The Kier molecular flexibility index (Phi) is 4.23. The zero-order valence-corrected chi connectivity index (χ0v) is 9.71. The van der Waals surface area contributed by atoms with Crippen LogP contribution in [0.2, 0.25) is 0 Å². The van der Waals surface area contributed by atoms with E-state index in [9.17, 15) is 9.18 Å². The third-order valence-electron chi connectivity index (χ3n) is 2.12. The van der Waals surface area contributed by atoms with Crippen LogP contribution in [0, 0.1) is 12.7 Å². The molecule has 0 aliphatic heterocycles. The molecule has 0 aliphatic carbocycles. The molecule has 0 unspecified atom stereocenters. The van der Waals surface area contributed by atoms with Gasteiger partial charge in [-0.15, -0.1) is 0 Å². The predicted octanol–water partition coefficient (Wildman–Crippen LogP) is 3.10. The van der Waals surface area contributed by atoms with E-state index in [4.69, 9.17) is 4.74 Å². The van der Waals surface area contributed by atoms with Crippen LogP contribution in [0.15, 0.2) is 23.8 Å². The largest absolute Gasteiger partial charge is 0.463 e. The quantitative estimate of drug-likeness (QED) is 0.580. The average molecular weight is 222 g/mol. The van der Waals surface area contributed by atoms with Crippen molar-refractivity contribution in [3.05, 3.63) is 40.7 Å². The van der Waals surface area contributed by atoms with Crippen LogP contribution in [0.3, 0.4) is 0 Å². The first-order valence-electron chi connectivity index (χ1n) is 5.16. The van der Waals surface area contributed by atoms with Crippen molar-refractivity contribution in [1.29, 1.82) is 0 Å². The smallest absolute Gasteiger partial charge is 0.333 e. The number of rotatable bonds is 3. The Morgan fingerprint density at radius 1 is 1.50 bits per heavy atom. The molecule has 1 aromatic rings. The van der Waals surface area contributed by atoms with Crippen molar-refractivity contribution in [3.63, 3.8) is 0 Å². The summed E-state index contributed by atoms with van der Waals surface area (Å²) < 4.78 is 18.2. The van der Waals surface area contributed by atoms with E-state index in [1.54, 1.807) is 26.0 Å². The van der Waals surface area contributed by atoms with Gasteiger partial charge in [0.15, 0.2) is 0 Å². The van der Waals surface area contributed by atoms with E-state index in [2.05, 4.69) is 0 Å². The molecule has 2 nitrogen and oxygen atoms in total. The second-order valence-corrected chi connectivity index (χ2v) is 3.57. The number of carbonyl (C=O) groups is 1. The Labute approximate surface area is 94.7 Å². The fourth-order valence-electron chi connectivity index (χ4n) is 1.31. The summed E-state index contributed by atoms with van der Waals surface area (Å²) in [5.41, 5.74) is 1.75. The molecule has 1 aromatic carbocycles. The van der Waals surface area contributed by atoms with Gasteiger partial charge >= 0.3 is 5.97 Å². The molecule has 0 heterocycles. The molecule has 0 saturated heterocycles. The number of hydrogen-bond donors (Lipinski definition) is 0. The lowest BCUT2D eigenvalue weighted by atomic mass is 10.1. The van der Waals surface area contributed by atoms with Gasteiger partial charge in [-0.25, -0.2) is 9.18 Å². The van der Waals surface area contributed by atoms with Crippen molar-refractivity contribution in [2.75, 3.05) is 6.61 Å². The molecule has 0 atom stereocenters. The Bertz CT molecular complexity index is 422. The topological polar surface area (TPSA) is 26.3 Å². The summed E-state index contributed by atoms with van der Waals surface area (Å²) in [5, 5.41) is 0. The summed E-state index contributed by atoms with van der Waals surface area (Å²) in [4.78, 5) is 11.3. The van der Waals surface area contributed by atoms with E-state index in [1.165, 1.54) is 12.1 Å². The van der Waals surface area contributed by atoms with Crippen LogP contribution in [0.25, 0.3) is 6.08 Å². The van der Waals surface area contributed by atoms with E-state index in [-0.39, 0.29) is 5.82 Å². The minimum atomic E-state index is -0.414. The van der Waals surface area contributed by atoms with Gasteiger partial charge in [0.25, 0.3) is 0 Å². The van der Waals surface area contributed by atoms with Crippen LogP contribution >= 0.6 is 0 Å². The highest BCUT2D eigenvalue weighted by Crippen LogP contribution is 2.14. The highest BCUT2D eigenvalue weighted by Gasteiger charge is 2.06. The van der Waals surface area contributed by atoms with Crippen LogP contribution in [-0.2, 0) is 9.53 Å². The van der Waals surface area contributed by atoms with Crippen LogP contribution < -0.4 is 0 Å². The Hall–Kier alpha value is -1.64. The van der Waals surface area contributed by atoms with Gasteiger partial charge in [-0.1, -0.05) is 11.6 Å². The van der Waals surface area contributed by atoms with Crippen molar-refractivity contribution in [2.45, 2.75) is 20.8 Å². The van der Waals surface area contributed by atoms with E-state index < -0.39 is 5.97 Å². The Morgan fingerprint density at radius 2 is 2.19 bits per heavy atom. The molecule has 0 radical (unpaired) electrons. The lowest BCUT2D eigenvalue weighted by Gasteiger charge is -2.03. The SMILES string of the molecule is CCOC(=O)/C(C)=C/c1cc(C)ccc1F. The third-order valence-corrected chi connectivity index (χ3v) is 2.12. The predicted molar refractivity (Wildman–Crippen MR) is 61.4 cm³/mol. The lowest BCUT2D eigenvalue weighted by molar-refractivity contribution is -0.138. The Balaban J connectivity index is 2.97. The van der Waals surface area contributed by atoms with Crippen molar-refractivity contribution < 1.29 is 13.9 Å². The van der Waals surface area contributed by atoms with E-state index >= 15 is 0 Å². The van der Waals surface area contributed by atoms with Crippen molar-refractivity contribution in [2.24, 2.45) is 0 Å². The van der Waals surface area contributed by atoms with Gasteiger partial charge in [0.2, 0.25) is 0 Å². The molecule has 86 valence electrons. The van der Waals surface area contributed by atoms with Gasteiger partial charge in [-0.05, 0) is 39.0 Å². The molecule has 0 fully saturated rings. The highest BCUT2D eigenvalue weighted by atomic mass is 19.1. The van der Waals surface area contributed by atoms with Crippen LogP contribution in [0.4, 0.5) is 4.39 Å². The first-order valence-corrected chi connectivity index (χ1v) is 5.16. The number of hydrogen-bond acceptors (Lipinski definition) is 2. The van der Waals surface area contributed by atoms with Crippen molar-refractivity contribution in [3.8, 4) is 0 Å². The maximum Gasteiger partial charge on any atom is 0.333 e. The van der Waals surface area contributed by atoms with E-state index in [0.29, 0.717) is 17.7 Å². The van der Waals surface area contributed by atoms with Gasteiger partial charge in [0.05, 0.1) is 6.61 Å². The zero-order valence-electron chi connectivity index (χ0n) is 9.71. The number of benzene rings is 1. The first kappa shape index (κ1) is 12.4. The van der Waals surface area contributed by atoms with Crippen molar-refractivity contribution in [1.82, 2.24) is 0 Å². The zero-order chi connectivity index (χ0) is 12.1. The average Bonchev–Trinajstić information content (AvgIpc) is 2.23. The third kappa shape index (κ3) is 3.19. The molecule has 0 aliphatic rings. The maximum atomic E-state index is 13.4. The molecule has 16 heavy (non-hydrogen) atoms. The molecule has 0 N–H and O–H groups in total. The number of ether oxygens (including phenoxy) is 1. The summed E-state index contributed by atoms with van der Waals surface area (Å²) >= 11 is 0. The molecular weight excluding hydrogens is 207 g/mol. The molecule has 0 bridgehead atoms. The maximum absolute atomic E-state index is 13.4. The minimum Gasteiger partial charge on any atom is -0.463 e. The molecule has 0 spiro atoms. The van der Waals surface area contributed by atoms with E-state index in [0.717, 1.165) is 5.56 Å². The standard InChI is InChI=1S/C13H15FO2/c1-4-16-13(15)10(3)8-11-7-9(2)5-6-12(11)14/h5-8H,4H2,1-3H3/b10-8+. The van der Waals surface area contributed by atoms with Crippen LogP contribution in [0.5, 0.6) is 0 Å². The first-order chi connectivity index (χ1) is 7.54. The van der Waals surface area contributed by atoms with Gasteiger partial charge in [0, 0.05) is 11.1 Å². The molecule has 0 saturated carbocycles. The van der Waals surface area contributed by atoms with Gasteiger partial charge in [-0.3, -0.25) is 0 Å². The Morgan fingerprint density at radius 3 is 2.81 bits per heavy atom. The highest BCUT2D eigenvalue weighted by molar-refractivity contribution is 5.93. The molecular formula is C13H15FO2. The molecule has 0 amide bonds. The number of carbonyl (C=O) groups excluding carboxylic acids is 1. The fraction of sp³-hybridized carbons (Fsp3) is 0.308. The second kappa shape index (κ2) is 5.45. The summed E-state index contributed by atoms with van der Waals surface area (Å²) in [6.45, 7) is 5.54. The summed E-state index contributed by atoms with van der Waals surface area (Å²) in [7, 11) is 0. The monoisotopic (exact) mass is 222 g/mol. The van der Waals surface area contributed by atoms with Gasteiger partial charge in [0.1, 0.15) is 5.82 Å². The second-order valence-electron chi connectivity index (χ2n) is 3.57. The van der Waals surface area contributed by atoms with E-state index in [1.807, 2.05) is 6.92 Å². The number of aryl methyl sites for hydroxylation is 1. The minimum absolute atomic E-state index is 0.320. The normalized spacial score (nSPS) is 11.4. The molecule has 3 heteroatoms. The number of esters is 1. The van der Waals surface area contributed by atoms with Crippen molar-refractivity contribution >= 4 is 12.0 Å². The molecule has 0 aromatic heterocycles.